The van der Waals surface area contributed by atoms with Crippen LogP contribution in [0.2, 0.25) is 0 Å². The molecular weight excluding hydrogens is 175 g/mol. The van der Waals surface area contributed by atoms with Crippen LogP contribution in [0.3, 0.4) is 0 Å². The molecule has 0 saturated heterocycles. The Morgan fingerprint density at radius 1 is 1.70 bits per heavy atom. The van der Waals surface area contributed by atoms with Gasteiger partial charge in [-0.3, -0.25) is 4.79 Å². The van der Waals surface area contributed by atoms with E-state index in [2.05, 4.69) is 4.74 Å². The molecule has 0 aliphatic heterocycles. The van der Waals surface area contributed by atoms with E-state index in [1.165, 1.54) is 0 Å². The molecule has 0 amide bonds. The number of hydrogen-bond acceptors (Lipinski definition) is 2. The SMILES string of the molecule is CCOC(=O)CC(Cl)CCl. The highest BCUT2D eigenvalue weighted by atomic mass is 35.5. The zero-order chi connectivity index (χ0) is 7.98. The van der Waals surface area contributed by atoms with Crippen LogP contribution in [-0.4, -0.2) is 23.8 Å². The molecule has 0 saturated carbocycles. The normalized spacial score (nSPS) is 12.7. The minimum absolute atomic E-state index is 0.193. The van der Waals surface area contributed by atoms with Crippen molar-refractivity contribution in [2.45, 2.75) is 18.7 Å². The molecule has 1 atom stereocenters. The first-order chi connectivity index (χ1) is 4.70. The first-order valence-corrected chi connectivity index (χ1v) is 4.03. The Labute approximate surface area is 70.4 Å². The second-order valence-corrected chi connectivity index (χ2v) is 2.69. The van der Waals surface area contributed by atoms with Gasteiger partial charge in [0.05, 0.1) is 18.4 Å². The van der Waals surface area contributed by atoms with Crippen molar-refractivity contribution in [3.05, 3.63) is 0 Å². The number of carbonyl (C=O) groups is 1. The van der Waals surface area contributed by atoms with Crippen molar-refractivity contribution in [2.75, 3.05) is 12.5 Å². The number of ether oxygens (including phenoxy) is 1. The van der Waals surface area contributed by atoms with Gasteiger partial charge in [-0.15, -0.1) is 23.2 Å². The van der Waals surface area contributed by atoms with E-state index in [0.29, 0.717) is 6.61 Å². The average Bonchev–Trinajstić information content (AvgIpc) is 1.88. The number of rotatable bonds is 4. The molecule has 60 valence electrons. The second-order valence-electron chi connectivity index (χ2n) is 1.76. The Morgan fingerprint density at radius 2 is 2.30 bits per heavy atom. The predicted octanol–water partition coefficient (Wildman–Crippen LogP) is 1.79. The van der Waals surface area contributed by atoms with Crippen LogP contribution in [0, 0.1) is 0 Å². The molecule has 0 bridgehead atoms. The van der Waals surface area contributed by atoms with Gasteiger partial charge in [-0.2, -0.15) is 0 Å². The third kappa shape index (κ3) is 4.89. The number of halogens is 2. The molecule has 0 aromatic rings. The number of hydrogen-bond donors (Lipinski definition) is 0. The third-order valence-corrected chi connectivity index (χ3v) is 1.70. The standard InChI is InChI=1S/C6H10Cl2O2/c1-2-10-6(9)3-5(8)4-7/h5H,2-4H2,1H3. The van der Waals surface area contributed by atoms with Crippen LogP contribution < -0.4 is 0 Å². The maximum Gasteiger partial charge on any atom is 0.307 e. The zero-order valence-electron chi connectivity index (χ0n) is 5.77. The molecule has 0 aromatic carbocycles. The molecule has 4 heteroatoms. The molecular formula is C6H10Cl2O2. The van der Waals surface area contributed by atoms with Crippen molar-refractivity contribution < 1.29 is 9.53 Å². The Hall–Kier alpha value is 0.0500. The van der Waals surface area contributed by atoms with E-state index in [9.17, 15) is 4.79 Å². The van der Waals surface area contributed by atoms with E-state index in [4.69, 9.17) is 23.2 Å². The first kappa shape index (κ1) is 10.0. The summed E-state index contributed by atoms with van der Waals surface area (Å²) >= 11 is 10.9. The Morgan fingerprint density at radius 3 is 2.70 bits per heavy atom. The van der Waals surface area contributed by atoms with Crippen LogP contribution in [-0.2, 0) is 9.53 Å². The Bertz CT molecular complexity index is 106. The fourth-order valence-electron chi connectivity index (χ4n) is 0.455. The van der Waals surface area contributed by atoms with Gasteiger partial charge in [0, 0.05) is 5.88 Å². The van der Waals surface area contributed by atoms with Gasteiger partial charge in [0.25, 0.3) is 0 Å². The number of carbonyl (C=O) groups excluding carboxylic acids is 1. The van der Waals surface area contributed by atoms with Gasteiger partial charge in [-0.05, 0) is 6.92 Å². The van der Waals surface area contributed by atoms with Gasteiger partial charge >= 0.3 is 5.97 Å². The second kappa shape index (κ2) is 5.81. The van der Waals surface area contributed by atoms with E-state index in [-0.39, 0.29) is 23.6 Å². The van der Waals surface area contributed by atoms with Crippen molar-refractivity contribution in [2.24, 2.45) is 0 Å². The molecule has 10 heavy (non-hydrogen) atoms. The van der Waals surface area contributed by atoms with Crippen molar-refractivity contribution in [1.82, 2.24) is 0 Å². The third-order valence-electron chi connectivity index (χ3n) is 0.861. The fourth-order valence-corrected chi connectivity index (χ4v) is 0.690. The molecule has 0 fully saturated rings. The first-order valence-electron chi connectivity index (χ1n) is 3.06. The van der Waals surface area contributed by atoms with E-state index in [1.54, 1.807) is 6.92 Å². The molecule has 0 spiro atoms. The molecule has 0 aliphatic carbocycles. The van der Waals surface area contributed by atoms with Crippen molar-refractivity contribution in [3.63, 3.8) is 0 Å². The molecule has 0 aromatic heterocycles. The summed E-state index contributed by atoms with van der Waals surface area (Å²) in [6.07, 6.45) is 0.193. The van der Waals surface area contributed by atoms with E-state index in [1.807, 2.05) is 0 Å². The van der Waals surface area contributed by atoms with Crippen molar-refractivity contribution >= 4 is 29.2 Å². The predicted molar refractivity (Wildman–Crippen MR) is 41.6 cm³/mol. The summed E-state index contributed by atoms with van der Waals surface area (Å²) in [7, 11) is 0. The molecule has 0 heterocycles. The highest BCUT2D eigenvalue weighted by molar-refractivity contribution is 6.28. The number of alkyl halides is 2. The van der Waals surface area contributed by atoms with Crippen molar-refractivity contribution in [1.29, 1.82) is 0 Å². The maximum absolute atomic E-state index is 10.6. The van der Waals surface area contributed by atoms with Crippen LogP contribution in [0.5, 0.6) is 0 Å². The summed E-state index contributed by atoms with van der Waals surface area (Å²) in [6, 6.07) is 0. The summed E-state index contributed by atoms with van der Waals surface area (Å²) in [5.41, 5.74) is 0. The maximum atomic E-state index is 10.6. The van der Waals surface area contributed by atoms with E-state index >= 15 is 0 Å². The van der Waals surface area contributed by atoms with Gasteiger partial charge in [0.15, 0.2) is 0 Å². The van der Waals surface area contributed by atoms with Gasteiger partial charge in [0.2, 0.25) is 0 Å². The summed E-state index contributed by atoms with van der Waals surface area (Å²) in [5, 5.41) is -0.305. The van der Waals surface area contributed by atoms with Crippen molar-refractivity contribution in [3.8, 4) is 0 Å². The van der Waals surface area contributed by atoms with Crippen LogP contribution in [0.25, 0.3) is 0 Å². The molecule has 1 unspecified atom stereocenters. The van der Waals surface area contributed by atoms with Gasteiger partial charge in [0.1, 0.15) is 0 Å². The van der Waals surface area contributed by atoms with E-state index < -0.39 is 0 Å². The fraction of sp³-hybridized carbons (Fsp3) is 0.833. The van der Waals surface area contributed by atoms with E-state index in [0.717, 1.165) is 0 Å². The lowest BCUT2D eigenvalue weighted by Gasteiger charge is -2.03. The average molecular weight is 185 g/mol. The molecule has 0 radical (unpaired) electrons. The lowest BCUT2D eigenvalue weighted by Crippen LogP contribution is -2.12. The van der Waals surface area contributed by atoms with Gasteiger partial charge in [-0.25, -0.2) is 0 Å². The van der Waals surface area contributed by atoms with Crippen LogP contribution in [0.15, 0.2) is 0 Å². The molecule has 2 nitrogen and oxygen atoms in total. The molecule has 0 aliphatic rings. The van der Waals surface area contributed by atoms with Crippen LogP contribution in [0.4, 0.5) is 0 Å². The lowest BCUT2D eigenvalue weighted by atomic mass is 10.3. The lowest BCUT2D eigenvalue weighted by molar-refractivity contribution is -0.143. The largest absolute Gasteiger partial charge is 0.466 e. The minimum atomic E-state index is -0.305. The summed E-state index contributed by atoms with van der Waals surface area (Å²) in [5.74, 6) is -0.0106. The molecule has 0 rings (SSSR count). The summed E-state index contributed by atoms with van der Waals surface area (Å²) in [4.78, 5) is 10.6. The van der Waals surface area contributed by atoms with Gasteiger partial charge < -0.3 is 4.74 Å². The minimum Gasteiger partial charge on any atom is -0.466 e. The summed E-state index contributed by atoms with van der Waals surface area (Å²) < 4.78 is 4.63. The van der Waals surface area contributed by atoms with Crippen LogP contribution in [0.1, 0.15) is 13.3 Å². The number of esters is 1. The topological polar surface area (TPSA) is 26.3 Å². The highest BCUT2D eigenvalue weighted by Gasteiger charge is 2.09. The zero-order valence-corrected chi connectivity index (χ0v) is 7.28. The molecule has 0 N–H and O–H groups in total. The monoisotopic (exact) mass is 184 g/mol. The highest BCUT2D eigenvalue weighted by Crippen LogP contribution is 2.04. The van der Waals surface area contributed by atoms with Gasteiger partial charge in [-0.1, -0.05) is 0 Å². The van der Waals surface area contributed by atoms with Crippen LogP contribution >= 0.6 is 23.2 Å². The summed E-state index contributed by atoms with van der Waals surface area (Å²) in [6.45, 7) is 2.15. The quantitative estimate of drug-likeness (QED) is 0.493. The smallest absolute Gasteiger partial charge is 0.307 e. The Kier molecular flexibility index (Phi) is 5.84. The Balaban J connectivity index is 3.37.